The Hall–Kier alpha value is -5.82. The SMILES string of the molecule is Cc1noc(C)c1-c1ccc(S(=O)(=O)[C@@H]2C[C@H](OC(C)C)[C@@H](C(=O)NC3(C#N)CC3)C2)c(C(F)(F)F)c1.Cc1noc(C)c1-c1ccc(S(=O)(=O)[C@H]2C[C@@H](OC(C)C)[C@H](C(=O)NC3(C#N)CC3)C2)c(C(F)(F)F)c1. The second kappa shape index (κ2) is 20.4. The van der Waals surface area contributed by atoms with Crippen LogP contribution in [-0.2, 0) is 51.1 Å². The normalized spacial score (nSPS) is 23.2. The predicted molar refractivity (Wildman–Crippen MR) is 252 cm³/mol. The Kier molecular flexibility index (Phi) is 15.4. The molecule has 0 radical (unpaired) electrons. The van der Waals surface area contributed by atoms with Crippen molar-refractivity contribution < 1.29 is 71.3 Å². The number of aryl methyl sites for hydroxylation is 4. The largest absolute Gasteiger partial charge is 0.417 e. The monoisotopic (exact) mass is 1080 g/mol. The van der Waals surface area contributed by atoms with E-state index < -0.39 is 110 Å². The summed E-state index contributed by atoms with van der Waals surface area (Å²) in [5, 5.41) is 29.0. The fourth-order valence-electron chi connectivity index (χ4n) is 9.86. The van der Waals surface area contributed by atoms with Gasteiger partial charge in [-0.05, 0) is 142 Å². The van der Waals surface area contributed by atoms with Crippen LogP contribution in [0.1, 0.15) is 113 Å². The lowest BCUT2D eigenvalue weighted by atomic mass is 10.0. The quantitative estimate of drug-likeness (QED) is 0.112. The lowest BCUT2D eigenvalue weighted by Gasteiger charge is -2.22. The van der Waals surface area contributed by atoms with Crippen molar-refractivity contribution in [2.75, 3.05) is 0 Å². The topological polar surface area (TPSA) is 245 Å². The minimum Gasteiger partial charge on any atom is -0.375 e. The number of carbonyl (C=O) groups excluding carboxylic acids is 2. The van der Waals surface area contributed by atoms with Crippen LogP contribution in [0.25, 0.3) is 22.3 Å². The van der Waals surface area contributed by atoms with Crippen molar-refractivity contribution in [3.63, 3.8) is 0 Å². The van der Waals surface area contributed by atoms with E-state index in [9.17, 15) is 63.3 Å². The summed E-state index contributed by atoms with van der Waals surface area (Å²) >= 11 is 0. The van der Waals surface area contributed by atoms with Gasteiger partial charge in [0.15, 0.2) is 19.7 Å². The first-order valence-electron chi connectivity index (χ1n) is 23.9. The van der Waals surface area contributed by atoms with Gasteiger partial charge in [0.25, 0.3) is 0 Å². The average molecular weight is 1080 g/mol. The molecule has 2 N–H and O–H groups in total. The number of amides is 2. The second-order valence-electron chi connectivity index (χ2n) is 20.1. The molecule has 0 unspecified atom stereocenters. The zero-order valence-corrected chi connectivity index (χ0v) is 43.3. The first-order chi connectivity index (χ1) is 34.4. The Balaban J connectivity index is 0.000000216. The maximum absolute atomic E-state index is 14.2. The van der Waals surface area contributed by atoms with E-state index in [0.29, 0.717) is 59.7 Å². The van der Waals surface area contributed by atoms with E-state index in [2.05, 4.69) is 33.1 Å². The van der Waals surface area contributed by atoms with Crippen molar-refractivity contribution in [1.29, 1.82) is 10.5 Å². The number of benzene rings is 2. The molecule has 24 heteroatoms. The number of nitrogens with one attached hydrogen (secondary N) is 2. The standard InChI is InChI=1S/2C25H28F3N3O5S/c2*1-13(2)35-20-11-17(10-18(20)23(32)30-24(12-29)7-8-24)37(33,34)21-6-5-16(9-19(21)25(26,27)28)22-14(3)31-36-15(22)4/h2*5-6,9,13,17-18,20H,7-8,10-11H2,1-4H3,(H,30,32)/t2*17-,18-,20-/m10/s1. The summed E-state index contributed by atoms with van der Waals surface area (Å²) in [4.78, 5) is 24.3. The molecular weight excluding hydrogens is 1020 g/mol. The summed E-state index contributed by atoms with van der Waals surface area (Å²) in [7, 11) is -9.02. The first-order valence-corrected chi connectivity index (χ1v) is 27.0. The molecule has 2 amide bonds. The molecule has 2 aromatic carbocycles. The van der Waals surface area contributed by atoms with Crippen molar-refractivity contribution >= 4 is 31.5 Å². The number of halogens is 6. The molecule has 4 fully saturated rings. The van der Waals surface area contributed by atoms with Crippen molar-refractivity contribution in [2.45, 2.75) is 175 Å². The van der Waals surface area contributed by atoms with Crippen LogP contribution in [0.5, 0.6) is 0 Å². The van der Waals surface area contributed by atoms with E-state index in [4.69, 9.17) is 18.5 Å². The molecule has 6 atom stereocenters. The van der Waals surface area contributed by atoms with E-state index in [1.807, 2.05) is 0 Å². The number of hydrogen-bond donors (Lipinski definition) is 2. The molecular formula is C50H56F6N6O10S2. The molecule has 8 rings (SSSR count). The summed E-state index contributed by atoms with van der Waals surface area (Å²) in [6.07, 6.45) is -10.9. The number of hydrogen-bond acceptors (Lipinski definition) is 14. The minimum atomic E-state index is -4.95. The van der Waals surface area contributed by atoms with Gasteiger partial charge in [-0.1, -0.05) is 22.4 Å². The fraction of sp³-hybridized carbons (Fsp3) is 0.560. The molecule has 0 aliphatic heterocycles. The van der Waals surface area contributed by atoms with Crippen molar-refractivity contribution in [2.24, 2.45) is 11.8 Å². The van der Waals surface area contributed by atoms with Gasteiger partial charge in [0.05, 0.1) is 91.2 Å². The van der Waals surface area contributed by atoms with E-state index in [1.165, 1.54) is 12.1 Å². The maximum atomic E-state index is 14.2. The highest BCUT2D eigenvalue weighted by atomic mass is 32.2. The van der Waals surface area contributed by atoms with Gasteiger partial charge in [0.1, 0.15) is 22.6 Å². The predicted octanol–water partition coefficient (Wildman–Crippen LogP) is 8.99. The number of carbonyl (C=O) groups is 2. The summed E-state index contributed by atoms with van der Waals surface area (Å²) in [6, 6.07) is 10.2. The van der Waals surface area contributed by atoms with Gasteiger partial charge < -0.3 is 29.2 Å². The Morgan fingerprint density at radius 1 is 0.635 bits per heavy atom. The van der Waals surface area contributed by atoms with Crippen molar-refractivity contribution in [3.8, 4) is 34.4 Å². The van der Waals surface area contributed by atoms with Gasteiger partial charge in [-0.15, -0.1) is 0 Å². The van der Waals surface area contributed by atoms with Crippen LogP contribution in [0, 0.1) is 62.2 Å². The van der Waals surface area contributed by atoms with Gasteiger partial charge in [0.2, 0.25) is 11.8 Å². The number of aromatic nitrogens is 2. The number of ether oxygens (including phenoxy) is 2. The summed E-state index contributed by atoms with van der Waals surface area (Å²) in [5.74, 6) is -2.25. The Morgan fingerprint density at radius 2 is 0.973 bits per heavy atom. The summed E-state index contributed by atoms with van der Waals surface area (Å²) in [5.41, 5.74) is -2.75. The van der Waals surface area contributed by atoms with E-state index in [0.717, 1.165) is 24.3 Å². The average Bonchev–Trinajstić information content (AvgIpc) is 4.04. The molecule has 2 aromatic heterocycles. The molecule has 4 aliphatic rings. The third-order valence-corrected chi connectivity index (χ3v) is 18.3. The van der Waals surface area contributed by atoms with Crippen molar-refractivity contribution in [1.82, 2.24) is 20.9 Å². The highest BCUT2D eigenvalue weighted by molar-refractivity contribution is 7.92. The third kappa shape index (κ3) is 11.5. The Labute approximate surface area is 424 Å². The highest BCUT2D eigenvalue weighted by Gasteiger charge is 2.53. The fourth-order valence-corrected chi connectivity index (χ4v) is 13.9. The molecule has 400 valence electrons. The number of rotatable bonds is 14. The lowest BCUT2D eigenvalue weighted by molar-refractivity contribution is -0.140. The zero-order valence-electron chi connectivity index (χ0n) is 41.7. The number of nitrogens with zero attached hydrogens (tertiary/aromatic N) is 4. The minimum absolute atomic E-state index is 0.137. The summed E-state index contributed by atoms with van der Waals surface area (Å²) < 4.78 is 161. The number of nitriles is 2. The molecule has 0 bridgehead atoms. The zero-order chi connectivity index (χ0) is 54.7. The van der Waals surface area contributed by atoms with Crippen molar-refractivity contribution in [3.05, 3.63) is 70.4 Å². The van der Waals surface area contributed by atoms with Crippen LogP contribution < -0.4 is 10.6 Å². The van der Waals surface area contributed by atoms with Gasteiger partial charge in [-0.3, -0.25) is 9.59 Å². The van der Waals surface area contributed by atoms with Gasteiger partial charge in [-0.2, -0.15) is 36.9 Å². The molecule has 74 heavy (non-hydrogen) atoms. The van der Waals surface area contributed by atoms with Crippen LogP contribution in [0.2, 0.25) is 0 Å². The van der Waals surface area contributed by atoms with Gasteiger partial charge >= 0.3 is 12.4 Å². The van der Waals surface area contributed by atoms with Crippen LogP contribution in [0.15, 0.2) is 55.2 Å². The smallest absolute Gasteiger partial charge is 0.375 e. The third-order valence-electron chi connectivity index (χ3n) is 13.8. The van der Waals surface area contributed by atoms with Crippen LogP contribution in [-0.4, -0.2) is 85.0 Å². The molecule has 16 nitrogen and oxygen atoms in total. The Morgan fingerprint density at radius 3 is 1.23 bits per heavy atom. The second-order valence-corrected chi connectivity index (χ2v) is 24.5. The van der Waals surface area contributed by atoms with Gasteiger partial charge in [0, 0.05) is 11.1 Å². The van der Waals surface area contributed by atoms with E-state index in [-0.39, 0.29) is 49.0 Å². The van der Waals surface area contributed by atoms with E-state index in [1.54, 1.807) is 55.4 Å². The first kappa shape index (κ1) is 55.9. The van der Waals surface area contributed by atoms with Crippen LogP contribution in [0.3, 0.4) is 0 Å². The summed E-state index contributed by atoms with van der Waals surface area (Å²) in [6.45, 7) is 13.2. The molecule has 4 saturated carbocycles. The Bertz CT molecular complexity index is 2880. The molecule has 2 heterocycles. The maximum Gasteiger partial charge on any atom is 0.417 e. The highest BCUT2D eigenvalue weighted by Crippen LogP contribution is 2.46. The van der Waals surface area contributed by atoms with Crippen LogP contribution in [0.4, 0.5) is 26.3 Å². The molecule has 4 aromatic rings. The molecule has 0 spiro atoms. The number of sulfone groups is 2. The van der Waals surface area contributed by atoms with Crippen LogP contribution >= 0.6 is 0 Å². The van der Waals surface area contributed by atoms with Gasteiger partial charge in [-0.25, -0.2) is 16.8 Å². The van der Waals surface area contributed by atoms with E-state index >= 15 is 0 Å². The molecule has 4 aliphatic carbocycles. The molecule has 0 saturated heterocycles. The number of alkyl halides is 6. The lowest BCUT2D eigenvalue weighted by Crippen LogP contribution is -2.43.